The fraction of sp³-hybridized carbons (Fsp3) is 0.517. The number of hydrogen-bond donors (Lipinski definition) is 1. The van der Waals surface area contributed by atoms with E-state index in [1.165, 1.54) is 11.1 Å². The van der Waals surface area contributed by atoms with Crippen molar-refractivity contribution in [2.75, 3.05) is 6.54 Å². The largest absolute Gasteiger partial charge is 0.481 e. The molecule has 182 valence electrons. The molecule has 2 aromatic rings. The summed E-state index contributed by atoms with van der Waals surface area (Å²) < 4.78 is 6.18. The van der Waals surface area contributed by atoms with Crippen molar-refractivity contribution < 1.29 is 14.3 Å². The van der Waals surface area contributed by atoms with Crippen molar-refractivity contribution in [2.45, 2.75) is 84.4 Å². The third-order valence-corrected chi connectivity index (χ3v) is 7.10. The van der Waals surface area contributed by atoms with Crippen molar-refractivity contribution in [3.63, 3.8) is 0 Å². The van der Waals surface area contributed by atoms with Gasteiger partial charge in [0.05, 0.1) is 6.04 Å². The molecule has 0 radical (unpaired) electrons. The molecule has 2 amide bonds. The number of benzene rings is 2. The number of nitrogens with one attached hydrogen (secondary N) is 1. The number of rotatable bonds is 7. The highest BCUT2D eigenvalue weighted by Gasteiger charge is 2.36. The van der Waals surface area contributed by atoms with E-state index in [2.05, 4.69) is 53.5 Å². The van der Waals surface area contributed by atoms with E-state index in [4.69, 9.17) is 4.74 Å². The van der Waals surface area contributed by atoms with Gasteiger partial charge in [0.2, 0.25) is 5.91 Å². The van der Waals surface area contributed by atoms with Crippen LogP contribution in [0.25, 0.3) is 0 Å². The lowest BCUT2D eigenvalue weighted by molar-refractivity contribution is -0.137. The summed E-state index contributed by atoms with van der Waals surface area (Å²) in [5, 5.41) is 2.95. The summed E-state index contributed by atoms with van der Waals surface area (Å²) in [6, 6.07) is 14.6. The Bertz CT molecular complexity index is 1010. The summed E-state index contributed by atoms with van der Waals surface area (Å²) in [7, 11) is 0. The Morgan fingerprint density at radius 2 is 1.79 bits per heavy atom. The van der Waals surface area contributed by atoms with Gasteiger partial charge in [-0.05, 0) is 75.3 Å². The Labute approximate surface area is 203 Å². The molecule has 4 rings (SSSR count). The van der Waals surface area contributed by atoms with Crippen LogP contribution in [-0.2, 0) is 16.0 Å². The highest BCUT2D eigenvalue weighted by Crippen LogP contribution is 2.40. The summed E-state index contributed by atoms with van der Waals surface area (Å²) in [6.45, 7) is 8.67. The number of hydrogen-bond acceptors (Lipinski definition) is 3. The van der Waals surface area contributed by atoms with Crippen molar-refractivity contribution >= 4 is 11.8 Å². The van der Waals surface area contributed by atoms with Crippen LogP contribution in [0.2, 0.25) is 0 Å². The topological polar surface area (TPSA) is 58.6 Å². The van der Waals surface area contributed by atoms with E-state index >= 15 is 0 Å². The first-order chi connectivity index (χ1) is 16.4. The number of fused-ring (bicyclic) bond motifs is 1. The molecule has 1 heterocycles. The molecule has 1 aliphatic heterocycles. The van der Waals surface area contributed by atoms with Crippen LogP contribution in [0.4, 0.5) is 0 Å². The molecular weight excluding hydrogens is 424 g/mol. The molecule has 0 unspecified atom stereocenters. The van der Waals surface area contributed by atoms with Crippen molar-refractivity contribution in [3.05, 3.63) is 64.7 Å². The molecule has 1 N–H and O–H groups in total. The maximum atomic E-state index is 13.6. The van der Waals surface area contributed by atoms with E-state index in [0.29, 0.717) is 12.2 Å². The molecule has 0 spiro atoms. The predicted octanol–water partition coefficient (Wildman–Crippen LogP) is 5.34. The zero-order chi connectivity index (χ0) is 24.2. The van der Waals surface area contributed by atoms with E-state index < -0.39 is 6.10 Å². The van der Waals surface area contributed by atoms with Gasteiger partial charge in [0.1, 0.15) is 5.75 Å². The Morgan fingerprint density at radius 3 is 2.44 bits per heavy atom. The van der Waals surface area contributed by atoms with Crippen LogP contribution in [0.1, 0.15) is 81.2 Å². The van der Waals surface area contributed by atoms with Gasteiger partial charge in [-0.2, -0.15) is 0 Å². The molecule has 5 heteroatoms. The number of amides is 2. The minimum atomic E-state index is -0.543. The molecule has 2 aromatic carbocycles. The van der Waals surface area contributed by atoms with Crippen LogP contribution < -0.4 is 10.1 Å². The lowest BCUT2D eigenvalue weighted by Gasteiger charge is -2.39. The second-order valence-corrected chi connectivity index (χ2v) is 10.1. The van der Waals surface area contributed by atoms with Crippen molar-refractivity contribution in [3.8, 4) is 5.75 Å². The number of ether oxygens (including phenoxy) is 1. The molecule has 1 aliphatic carbocycles. The van der Waals surface area contributed by atoms with Gasteiger partial charge in [0, 0.05) is 18.5 Å². The van der Waals surface area contributed by atoms with Crippen molar-refractivity contribution in [2.24, 2.45) is 5.92 Å². The van der Waals surface area contributed by atoms with Crippen molar-refractivity contribution in [1.29, 1.82) is 0 Å². The summed E-state index contributed by atoms with van der Waals surface area (Å²) in [4.78, 5) is 28.3. The van der Waals surface area contributed by atoms with Crippen LogP contribution >= 0.6 is 0 Å². The average Bonchev–Trinajstić information content (AvgIpc) is 3.36. The zero-order valence-electron chi connectivity index (χ0n) is 21.0. The lowest BCUT2D eigenvalue weighted by atomic mass is 9.86. The standard InChI is InChI=1S/C29H38N2O3/c1-5-26(28(32)30-19(2)3)34-24-15-14-21-16-17-31(29(33)23-8-6-7-9-23)27(25(21)18-24)22-12-10-20(4)11-13-22/h10-15,18-19,23,26-27H,5-9,16-17H2,1-4H3,(H,30,32)/t26-,27-/m1/s1. The fourth-order valence-corrected chi connectivity index (χ4v) is 5.28. The predicted molar refractivity (Wildman–Crippen MR) is 135 cm³/mol. The van der Waals surface area contributed by atoms with Gasteiger partial charge in [0.25, 0.3) is 5.91 Å². The molecule has 1 fully saturated rings. The summed E-state index contributed by atoms with van der Waals surface area (Å²) in [6.07, 6.45) is 5.16. The molecule has 2 atom stereocenters. The van der Waals surface area contributed by atoms with E-state index in [0.717, 1.165) is 49.8 Å². The Balaban J connectivity index is 1.68. The van der Waals surface area contributed by atoms with E-state index in [-0.39, 0.29) is 29.8 Å². The first-order valence-corrected chi connectivity index (χ1v) is 12.8. The third kappa shape index (κ3) is 5.29. The quantitative estimate of drug-likeness (QED) is 0.604. The molecule has 0 aromatic heterocycles. The smallest absolute Gasteiger partial charge is 0.261 e. The Hall–Kier alpha value is -2.82. The fourth-order valence-electron chi connectivity index (χ4n) is 5.28. The normalized spacial score (nSPS) is 19.1. The molecule has 5 nitrogen and oxygen atoms in total. The lowest BCUT2D eigenvalue weighted by Crippen LogP contribution is -2.43. The Morgan fingerprint density at radius 1 is 1.09 bits per heavy atom. The number of nitrogens with zero attached hydrogens (tertiary/aromatic N) is 1. The summed E-state index contributed by atoms with van der Waals surface area (Å²) in [5.41, 5.74) is 4.68. The minimum absolute atomic E-state index is 0.0646. The molecule has 34 heavy (non-hydrogen) atoms. The molecular formula is C29H38N2O3. The first-order valence-electron chi connectivity index (χ1n) is 12.8. The van der Waals surface area contributed by atoms with Crippen LogP contribution in [-0.4, -0.2) is 35.4 Å². The van der Waals surface area contributed by atoms with Crippen LogP contribution in [0, 0.1) is 12.8 Å². The first kappa shape index (κ1) is 24.3. The maximum Gasteiger partial charge on any atom is 0.261 e. The molecule has 2 aliphatic rings. The molecule has 0 bridgehead atoms. The van der Waals surface area contributed by atoms with Crippen LogP contribution in [0.3, 0.4) is 0 Å². The highest BCUT2D eigenvalue weighted by atomic mass is 16.5. The monoisotopic (exact) mass is 462 g/mol. The Kier molecular flexibility index (Phi) is 7.60. The van der Waals surface area contributed by atoms with Gasteiger partial charge in [-0.1, -0.05) is 55.7 Å². The van der Waals surface area contributed by atoms with Gasteiger partial charge in [-0.15, -0.1) is 0 Å². The molecule has 1 saturated carbocycles. The summed E-state index contributed by atoms with van der Waals surface area (Å²) >= 11 is 0. The van der Waals surface area contributed by atoms with Crippen LogP contribution in [0.5, 0.6) is 5.75 Å². The number of carbonyl (C=O) groups is 2. The second kappa shape index (κ2) is 10.6. The van der Waals surface area contributed by atoms with E-state index in [9.17, 15) is 9.59 Å². The second-order valence-electron chi connectivity index (χ2n) is 10.1. The number of aryl methyl sites for hydroxylation is 1. The highest BCUT2D eigenvalue weighted by molar-refractivity contribution is 5.81. The van der Waals surface area contributed by atoms with Crippen molar-refractivity contribution in [1.82, 2.24) is 10.2 Å². The van der Waals surface area contributed by atoms with Gasteiger partial charge in [-0.25, -0.2) is 0 Å². The molecule has 0 saturated heterocycles. The average molecular weight is 463 g/mol. The zero-order valence-corrected chi connectivity index (χ0v) is 21.0. The van der Waals surface area contributed by atoms with Gasteiger partial charge in [-0.3, -0.25) is 9.59 Å². The number of carbonyl (C=O) groups excluding carboxylic acids is 2. The van der Waals surface area contributed by atoms with Gasteiger partial charge in [0.15, 0.2) is 6.10 Å². The summed E-state index contributed by atoms with van der Waals surface area (Å²) in [5.74, 6) is 1.00. The van der Waals surface area contributed by atoms with E-state index in [1.54, 1.807) is 0 Å². The minimum Gasteiger partial charge on any atom is -0.481 e. The SMILES string of the molecule is CC[C@@H](Oc1ccc2c(c1)[C@@H](c1ccc(C)cc1)N(C(=O)C1CCCC1)CC2)C(=O)NC(C)C. The van der Waals surface area contributed by atoms with Gasteiger partial charge >= 0.3 is 0 Å². The van der Waals surface area contributed by atoms with Crippen LogP contribution in [0.15, 0.2) is 42.5 Å². The third-order valence-electron chi connectivity index (χ3n) is 7.10. The van der Waals surface area contributed by atoms with E-state index in [1.807, 2.05) is 26.8 Å². The maximum absolute atomic E-state index is 13.6. The van der Waals surface area contributed by atoms with Gasteiger partial charge < -0.3 is 15.0 Å².